The van der Waals surface area contributed by atoms with E-state index in [2.05, 4.69) is 35.9 Å². The number of likely N-dealkylation sites (tertiary alicyclic amines) is 1. The van der Waals surface area contributed by atoms with Crippen LogP contribution in [-0.2, 0) is 0 Å². The van der Waals surface area contributed by atoms with Crippen LogP contribution in [0.1, 0.15) is 27.2 Å². The number of rotatable bonds is 4. The standard InChI is InChI=1S/C13H27N3/c1-11(2)8-12(3)16-9-13(10-16)15-6-4-14-5-7-15/h11-14H,4-10H2,1-3H3. The van der Waals surface area contributed by atoms with E-state index in [9.17, 15) is 0 Å². The lowest BCUT2D eigenvalue weighted by molar-refractivity contribution is -0.000673. The minimum atomic E-state index is 0.777. The van der Waals surface area contributed by atoms with E-state index in [4.69, 9.17) is 0 Å². The SMILES string of the molecule is CC(C)CC(C)N1CC(N2CCNCC2)C1. The van der Waals surface area contributed by atoms with Gasteiger partial charge in [-0.15, -0.1) is 0 Å². The van der Waals surface area contributed by atoms with Gasteiger partial charge < -0.3 is 5.32 Å². The van der Waals surface area contributed by atoms with Crippen LogP contribution in [0, 0.1) is 5.92 Å². The highest BCUT2D eigenvalue weighted by Crippen LogP contribution is 2.21. The molecule has 0 saturated carbocycles. The van der Waals surface area contributed by atoms with Crippen molar-refractivity contribution in [2.75, 3.05) is 39.3 Å². The highest BCUT2D eigenvalue weighted by Gasteiger charge is 2.34. The minimum Gasteiger partial charge on any atom is -0.314 e. The summed E-state index contributed by atoms with van der Waals surface area (Å²) in [6.45, 7) is 14.5. The molecular formula is C13H27N3. The second-order valence-corrected chi connectivity index (χ2v) is 5.87. The van der Waals surface area contributed by atoms with Gasteiger partial charge >= 0.3 is 0 Å². The van der Waals surface area contributed by atoms with E-state index in [1.54, 1.807) is 0 Å². The first-order chi connectivity index (χ1) is 7.66. The number of nitrogens with one attached hydrogen (secondary N) is 1. The molecule has 0 radical (unpaired) electrons. The summed E-state index contributed by atoms with van der Waals surface area (Å²) in [5.74, 6) is 0.827. The molecule has 1 unspecified atom stereocenters. The maximum Gasteiger partial charge on any atom is 0.0351 e. The molecule has 0 amide bonds. The van der Waals surface area contributed by atoms with Gasteiger partial charge in [-0.3, -0.25) is 9.80 Å². The van der Waals surface area contributed by atoms with E-state index in [1.165, 1.54) is 45.7 Å². The molecule has 0 aromatic carbocycles. The predicted molar refractivity (Wildman–Crippen MR) is 68.7 cm³/mol. The molecule has 16 heavy (non-hydrogen) atoms. The first-order valence-corrected chi connectivity index (χ1v) is 6.85. The maximum atomic E-state index is 3.42. The Balaban J connectivity index is 1.68. The van der Waals surface area contributed by atoms with Gasteiger partial charge in [0.25, 0.3) is 0 Å². The Kier molecular flexibility index (Phi) is 4.22. The van der Waals surface area contributed by atoms with E-state index in [0.29, 0.717) is 0 Å². The largest absolute Gasteiger partial charge is 0.314 e. The van der Waals surface area contributed by atoms with Crippen molar-refractivity contribution in [3.63, 3.8) is 0 Å². The van der Waals surface area contributed by atoms with Crippen LogP contribution in [0.4, 0.5) is 0 Å². The van der Waals surface area contributed by atoms with E-state index in [1.807, 2.05) is 0 Å². The van der Waals surface area contributed by atoms with Gasteiger partial charge in [0, 0.05) is 51.4 Å². The Hall–Kier alpha value is -0.120. The van der Waals surface area contributed by atoms with E-state index in [0.717, 1.165) is 18.0 Å². The quantitative estimate of drug-likeness (QED) is 0.770. The average molecular weight is 225 g/mol. The second-order valence-electron chi connectivity index (χ2n) is 5.87. The fourth-order valence-corrected chi connectivity index (χ4v) is 2.96. The van der Waals surface area contributed by atoms with Crippen molar-refractivity contribution in [2.45, 2.75) is 39.3 Å². The van der Waals surface area contributed by atoms with Gasteiger partial charge in [0.2, 0.25) is 0 Å². The smallest absolute Gasteiger partial charge is 0.0351 e. The maximum absolute atomic E-state index is 3.42. The van der Waals surface area contributed by atoms with Crippen LogP contribution in [0.25, 0.3) is 0 Å². The van der Waals surface area contributed by atoms with Gasteiger partial charge in [0.05, 0.1) is 0 Å². The molecule has 0 aromatic heterocycles. The van der Waals surface area contributed by atoms with Gasteiger partial charge in [-0.2, -0.15) is 0 Å². The lowest BCUT2D eigenvalue weighted by Gasteiger charge is -2.49. The summed E-state index contributed by atoms with van der Waals surface area (Å²) < 4.78 is 0. The fourth-order valence-electron chi connectivity index (χ4n) is 2.96. The highest BCUT2D eigenvalue weighted by atomic mass is 15.3. The summed E-state index contributed by atoms with van der Waals surface area (Å²) in [7, 11) is 0. The average Bonchev–Trinajstić information content (AvgIpc) is 2.15. The molecule has 2 aliphatic heterocycles. The summed E-state index contributed by atoms with van der Waals surface area (Å²) >= 11 is 0. The Morgan fingerprint density at radius 3 is 2.31 bits per heavy atom. The number of hydrogen-bond acceptors (Lipinski definition) is 3. The third kappa shape index (κ3) is 2.96. The summed E-state index contributed by atoms with van der Waals surface area (Å²) in [6.07, 6.45) is 1.34. The minimum absolute atomic E-state index is 0.777. The molecule has 0 aliphatic carbocycles. The topological polar surface area (TPSA) is 18.5 Å². The zero-order valence-corrected chi connectivity index (χ0v) is 11.1. The number of hydrogen-bond donors (Lipinski definition) is 1. The highest BCUT2D eigenvalue weighted by molar-refractivity contribution is 4.92. The van der Waals surface area contributed by atoms with Gasteiger partial charge in [0.15, 0.2) is 0 Å². The summed E-state index contributed by atoms with van der Waals surface area (Å²) in [6, 6.07) is 1.62. The van der Waals surface area contributed by atoms with E-state index >= 15 is 0 Å². The van der Waals surface area contributed by atoms with Crippen LogP contribution in [0.2, 0.25) is 0 Å². The lowest BCUT2D eigenvalue weighted by Crippen LogP contribution is -2.64. The molecule has 0 bridgehead atoms. The fraction of sp³-hybridized carbons (Fsp3) is 1.00. The summed E-state index contributed by atoms with van der Waals surface area (Å²) in [4.78, 5) is 5.31. The van der Waals surface area contributed by atoms with Crippen molar-refractivity contribution >= 4 is 0 Å². The zero-order valence-electron chi connectivity index (χ0n) is 11.1. The van der Waals surface area contributed by atoms with Crippen LogP contribution >= 0.6 is 0 Å². The van der Waals surface area contributed by atoms with Crippen LogP contribution < -0.4 is 5.32 Å². The van der Waals surface area contributed by atoms with Crippen molar-refractivity contribution in [1.82, 2.24) is 15.1 Å². The van der Waals surface area contributed by atoms with Crippen LogP contribution in [0.5, 0.6) is 0 Å². The van der Waals surface area contributed by atoms with Crippen molar-refractivity contribution < 1.29 is 0 Å². The van der Waals surface area contributed by atoms with E-state index in [-0.39, 0.29) is 0 Å². The molecule has 2 fully saturated rings. The van der Waals surface area contributed by atoms with Gasteiger partial charge in [-0.25, -0.2) is 0 Å². The molecule has 3 nitrogen and oxygen atoms in total. The van der Waals surface area contributed by atoms with Crippen molar-refractivity contribution in [1.29, 1.82) is 0 Å². The normalized spacial score (nSPS) is 27.0. The van der Waals surface area contributed by atoms with Crippen molar-refractivity contribution in [3.05, 3.63) is 0 Å². The molecule has 0 aromatic rings. The number of piperazine rings is 1. The third-order valence-electron chi connectivity index (χ3n) is 3.99. The first-order valence-electron chi connectivity index (χ1n) is 6.85. The van der Waals surface area contributed by atoms with Crippen molar-refractivity contribution in [3.8, 4) is 0 Å². The number of nitrogens with zero attached hydrogens (tertiary/aromatic N) is 2. The Labute approximate surface area is 100 Å². The Morgan fingerprint density at radius 2 is 1.75 bits per heavy atom. The van der Waals surface area contributed by atoms with Gasteiger partial charge in [0.1, 0.15) is 0 Å². The predicted octanol–water partition coefficient (Wildman–Crippen LogP) is 1.01. The first kappa shape index (κ1) is 12.3. The molecule has 3 heteroatoms. The lowest BCUT2D eigenvalue weighted by atomic mass is 9.98. The van der Waals surface area contributed by atoms with Crippen LogP contribution in [0.15, 0.2) is 0 Å². The molecule has 0 spiro atoms. The molecule has 2 heterocycles. The molecule has 2 rings (SSSR count). The zero-order chi connectivity index (χ0) is 11.5. The monoisotopic (exact) mass is 225 g/mol. The van der Waals surface area contributed by atoms with Crippen LogP contribution in [-0.4, -0.2) is 61.2 Å². The Bertz CT molecular complexity index is 205. The van der Waals surface area contributed by atoms with E-state index < -0.39 is 0 Å². The van der Waals surface area contributed by atoms with Gasteiger partial charge in [-0.1, -0.05) is 13.8 Å². The molecule has 94 valence electrons. The molecule has 2 aliphatic rings. The van der Waals surface area contributed by atoms with Crippen molar-refractivity contribution in [2.24, 2.45) is 5.92 Å². The summed E-state index contributed by atoms with van der Waals surface area (Å²) in [5, 5.41) is 3.42. The molecule has 1 atom stereocenters. The molecular weight excluding hydrogens is 198 g/mol. The molecule has 1 N–H and O–H groups in total. The Morgan fingerprint density at radius 1 is 1.12 bits per heavy atom. The van der Waals surface area contributed by atoms with Gasteiger partial charge in [-0.05, 0) is 19.3 Å². The third-order valence-corrected chi connectivity index (χ3v) is 3.99. The molecule has 2 saturated heterocycles. The second kappa shape index (κ2) is 5.48. The van der Waals surface area contributed by atoms with Crippen LogP contribution in [0.3, 0.4) is 0 Å². The summed E-state index contributed by atoms with van der Waals surface area (Å²) in [5.41, 5.74) is 0.